The standard InChI is InChI=1S/C17H32N2O5/c1-8-13(14(20)21)10-17(3,9-12(2)15(22)24-7)16(23)18-11-19(4,5)6/h12-13H,8-11H2,1-7H3,(H-,18,20,21,23)/p+1. The molecule has 0 saturated carbocycles. The van der Waals surface area contributed by atoms with E-state index in [1.807, 2.05) is 21.1 Å². The summed E-state index contributed by atoms with van der Waals surface area (Å²) in [6.07, 6.45) is 0.857. The lowest BCUT2D eigenvalue weighted by molar-refractivity contribution is -0.872. The highest BCUT2D eigenvalue weighted by atomic mass is 16.5. The summed E-state index contributed by atoms with van der Waals surface area (Å²) in [6.45, 7) is 5.62. The van der Waals surface area contributed by atoms with E-state index in [1.165, 1.54) is 7.11 Å². The molecule has 1 amide bonds. The molecule has 0 radical (unpaired) electrons. The number of nitrogens with zero attached hydrogens (tertiary/aromatic N) is 1. The van der Waals surface area contributed by atoms with Gasteiger partial charge in [0.15, 0.2) is 6.67 Å². The Hall–Kier alpha value is -1.63. The topological polar surface area (TPSA) is 92.7 Å². The molecular weight excluding hydrogens is 312 g/mol. The van der Waals surface area contributed by atoms with Crippen LogP contribution < -0.4 is 5.32 Å². The molecule has 0 aromatic rings. The van der Waals surface area contributed by atoms with Crippen LogP contribution in [0, 0.1) is 17.3 Å². The normalized spacial score (nSPS) is 16.6. The molecule has 0 aromatic carbocycles. The predicted octanol–water partition coefficient (Wildman–Crippen LogP) is 1.47. The van der Waals surface area contributed by atoms with E-state index in [1.54, 1.807) is 20.8 Å². The third-order valence-corrected chi connectivity index (χ3v) is 4.16. The zero-order chi connectivity index (χ0) is 19.1. The van der Waals surface area contributed by atoms with E-state index in [0.717, 1.165) is 0 Å². The third kappa shape index (κ3) is 7.29. The lowest BCUT2D eigenvalue weighted by atomic mass is 9.73. The number of ether oxygens (including phenoxy) is 1. The number of amides is 1. The Labute approximate surface area is 144 Å². The number of rotatable bonds is 10. The average Bonchev–Trinajstić information content (AvgIpc) is 2.48. The fourth-order valence-corrected chi connectivity index (χ4v) is 2.70. The molecule has 24 heavy (non-hydrogen) atoms. The Balaban J connectivity index is 5.35. The number of carbonyl (C=O) groups excluding carboxylic acids is 2. The zero-order valence-electron chi connectivity index (χ0n) is 16.0. The zero-order valence-corrected chi connectivity index (χ0v) is 16.0. The van der Waals surface area contributed by atoms with Gasteiger partial charge in [0, 0.05) is 5.41 Å². The number of nitrogens with one attached hydrogen (secondary N) is 1. The summed E-state index contributed by atoms with van der Waals surface area (Å²) in [6, 6.07) is 0. The van der Waals surface area contributed by atoms with Gasteiger partial charge in [0.2, 0.25) is 5.91 Å². The Morgan fingerprint density at radius 2 is 1.75 bits per heavy atom. The lowest BCUT2D eigenvalue weighted by Gasteiger charge is -2.34. The van der Waals surface area contributed by atoms with E-state index >= 15 is 0 Å². The van der Waals surface area contributed by atoms with Crippen LogP contribution in [0.15, 0.2) is 0 Å². The molecule has 7 nitrogen and oxygen atoms in total. The van der Waals surface area contributed by atoms with Gasteiger partial charge < -0.3 is 19.6 Å². The molecular formula is C17H33N2O5+. The van der Waals surface area contributed by atoms with Gasteiger partial charge in [-0.25, -0.2) is 0 Å². The monoisotopic (exact) mass is 345 g/mol. The van der Waals surface area contributed by atoms with Crippen molar-refractivity contribution in [1.29, 1.82) is 0 Å². The molecule has 3 atom stereocenters. The Kier molecular flexibility index (Phi) is 8.40. The van der Waals surface area contributed by atoms with Crippen molar-refractivity contribution < 1.29 is 28.7 Å². The molecule has 7 heteroatoms. The highest BCUT2D eigenvalue weighted by molar-refractivity contribution is 5.84. The minimum atomic E-state index is -0.957. The maximum atomic E-state index is 12.8. The van der Waals surface area contributed by atoms with Crippen molar-refractivity contribution in [2.45, 2.75) is 40.0 Å². The molecule has 0 aliphatic rings. The van der Waals surface area contributed by atoms with E-state index in [4.69, 9.17) is 4.74 Å². The molecule has 0 rings (SSSR count). The van der Waals surface area contributed by atoms with Gasteiger partial charge in [-0.1, -0.05) is 20.8 Å². The SMILES string of the molecule is CCC(CC(C)(CC(C)C(=O)OC)C(=O)NC[N+](C)(C)C)C(=O)O. The van der Waals surface area contributed by atoms with Gasteiger partial charge in [0.25, 0.3) is 0 Å². The number of aliphatic carboxylic acids is 1. The molecule has 2 N–H and O–H groups in total. The molecule has 0 aliphatic carbocycles. The number of hydrogen-bond donors (Lipinski definition) is 2. The van der Waals surface area contributed by atoms with E-state index in [2.05, 4.69) is 5.32 Å². The van der Waals surface area contributed by atoms with Gasteiger partial charge in [-0.3, -0.25) is 14.4 Å². The largest absolute Gasteiger partial charge is 0.481 e. The van der Waals surface area contributed by atoms with Crippen LogP contribution in [-0.4, -0.2) is 62.4 Å². The first kappa shape index (κ1) is 22.4. The van der Waals surface area contributed by atoms with Crippen molar-refractivity contribution in [3.05, 3.63) is 0 Å². The second-order valence-corrected chi connectivity index (χ2v) is 7.79. The van der Waals surface area contributed by atoms with Gasteiger partial charge in [0.05, 0.1) is 40.1 Å². The summed E-state index contributed by atoms with van der Waals surface area (Å²) in [5.74, 6) is -2.67. The van der Waals surface area contributed by atoms with Gasteiger partial charge in [-0.2, -0.15) is 0 Å². The molecule has 140 valence electrons. The fourth-order valence-electron chi connectivity index (χ4n) is 2.70. The van der Waals surface area contributed by atoms with Crippen LogP contribution in [0.25, 0.3) is 0 Å². The van der Waals surface area contributed by atoms with Gasteiger partial charge in [-0.05, 0) is 19.3 Å². The van der Waals surface area contributed by atoms with E-state index in [9.17, 15) is 19.5 Å². The summed E-state index contributed by atoms with van der Waals surface area (Å²) in [7, 11) is 7.14. The second-order valence-electron chi connectivity index (χ2n) is 7.79. The number of carboxylic acid groups (broad SMARTS) is 1. The number of carbonyl (C=O) groups is 3. The number of methoxy groups -OCH3 is 1. The van der Waals surface area contributed by atoms with E-state index < -0.39 is 29.2 Å². The van der Waals surface area contributed by atoms with Gasteiger partial charge in [0.1, 0.15) is 0 Å². The van der Waals surface area contributed by atoms with Crippen LogP contribution >= 0.6 is 0 Å². The Bertz CT molecular complexity index is 458. The van der Waals surface area contributed by atoms with Crippen molar-refractivity contribution in [3.8, 4) is 0 Å². The smallest absolute Gasteiger partial charge is 0.308 e. The summed E-state index contributed by atoms with van der Waals surface area (Å²) < 4.78 is 5.29. The van der Waals surface area contributed by atoms with Gasteiger partial charge >= 0.3 is 11.9 Å². The van der Waals surface area contributed by atoms with Crippen molar-refractivity contribution in [1.82, 2.24) is 5.32 Å². The first-order valence-electron chi connectivity index (χ1n) is 8.25. The molecule has 0 bridgehead atoms. The summed E-state index contributed by atoms with van der Waals surface area (Å²) in [5, 5.41) is 12.2. The van der Waals surface area contributed by atoms with Crippen LogP contribution in [0.1, 0.15) is 40.0 Å². The van der Waals surface area contributed by atoms with Gasteiger partial charge in [-0.15, -0.1) is 0 Å². The van der Waals surface area contributed by atoms with Crippen molar-refractivity contribution in [3.63, 3.8) is 0 Å². The molecule has 0 heterocycles. The third-order valence-electron chi connectivity index (χ3n) is 4.16. The number of carboxylic acids is 1. The molecule has 0 saturated heterocycles. The van der Waals surface area contributed by atoms with Crippen molar-refractivity contribution >= 4 is 17.8 Å². The summed E-state index contributed by atoms with van der Waals surface area (Å²) in [4.78, 5) is 35.9. The second kappa shape index (κ2) is 9.01. The molecule has 0 aromatic heterocycles. The fraction of sp³-hybridized carbons (Fsp3) is 0.824. The number of esters is 1. The molecule has 3 unspecified atom stereocenters. The minimum Gasteiger partial charge on any atom is -0.481 e. The van der Waals surface area contributed by atoms with Crippen molar-refractivity contribution in [2.75, 3.05) is 34.9 Å². The quantitative estimate of drug-likeness (QED) is 0.355. The Morgan fingerprint density at radius 3 is 2.12 bits per heavy atom. The molecule has 0 spiro atoms. The van der Waals surface area contributed by atoms with Crippen LogP contribution in [0.2, 0.25) is 0 Å². The highest BCUT2D eigenvalue weighted by Gasteiger charge is 2.40. The van der Waals surface area contributed by atoms with E-state index in [-0.39, 0.29) is 18.7 Å². The van der Waals surface area contributed by atoms with Crippen LogP contribution in [0.4, 0.5) is 0 Å². The first-order chi connectivity index (χ1) is 10.9. The number of quaternary nitrogens is 1. The first-order valence-corrected chi connectivity index (χ1v) is 8.25. The molecule has 0 aliphatic heterocycles. The van der Waals surface area contributed by atoms with E-state index in [0.29, 0.717) is 17.6 Å². The highest BCUT2D eigenvalue weighted by Crippen LogP contribution is 2.35. The van der Waals surface area contributed by atoms with Crippen LogP contribution in [0.5, 0.6) is 0 Å². The van der Waals surface area contributed by atoms with Crippen LogP contribution in [0.3, 0.4) is 0 Å². The summed E-state index contributed by atoms with van der Waals surface area (Å²) in [5.41, 5.74) is -0.957. The van der Waals surface area contributed by atoms with Crippen LogP contribution in [-0.2, 0) is 19.1 Å². The average molecular weight is 345 g/mol. The maximum Gasteiger partial charge on any atom is 0.308 e. The predicted molar refractivity (Wildman–Crippen MR) is 91.0 cm³/mol. The summed E-state index contributed by atoms with van der Waals surface area (Å²) >= 11 is 0. The maximum absolute atomic E-state index is 12.8. The number of hydrogen-bond acceptors (Lipinski definition) is 4. The minimum absolute atomic E-state index is 0.184. The lowest BCUT2D eigenvalue weighted by Crippen LogP contribution is -2.50. The van der Waals surface area contributed by atoms with Crippen molar-refractivity contribution in [2.24, 2.45) is 17.3 Å². The molecule has 0 fully saturated rings. The Morgan fingerprint density at radius 1 is 1.21 bits per heavy atom.